The molecule has 0 N–H and O–H groups in total. The number of hydrogen-bond acceptors (Lipinski definition) is 5. The lowest BCUT2D eigenvalue weighted by atomic mass is 9.97. The number of halogens is 3. The molecule has 1 atom stereocenters. The van der Waals surface area contributed by atoms with Crippen LogP contribution in [0.4, 0.5) is 13.2 Å². The molecule has 5 nitrogen and oxygen atoms in total. The van der Waals surface area contributed by atoms with Gasteiger partial charge in [-0.2, -0.15) is 18.2 Å². The van der Waals surface area contributed by atoms with Crippen LogP contribution in [0.1, 0.15) is 51.2 Å². The summed E-state index contributed by atoms with van der Waals surface area (Å²) in [6, 6.07) is 0. The summed E-state index contributed by atoms with van der Waals surface area (Å²) in [7, 11) is 0. The Kier molecular flexibility index (Phi) is 6.17. The first kappa shape index (κ1) is 17.5. The van der Waals surface area contributed by atoms with Crippen LogP contribution >= 0.6 is 0 Å². The molecule has 1 rings (SSSR count). The van der Waals surface area contributed by atoms with Crippen molar-refractivity contribution < 1.29 is 27.2 Å². The third-order valence-corrected chi connectivity index (χ3v) is 2.69. The lowest BCUT2D eigenvalue weighted by molar-refractivity contribution is -0.146. The highest BCUT2D eigenvalue weighted by molar-refractivity contribution is 5.76. The second-order valence-corrected chi connectivity index (χ2v) is 5.10. The zero-order chi connectivity index (χ0) is 16.0. The minimum Gasteiger partial charge on any atom is -0.465 e. The van der Waals surface area contributed by atoms with E-state index in [1.807, 2.05) is 13.8 Å². The number of carbonyl (C=O) groups is 1. The first-order valence-electron chi connectivity index (χ1n) is 6.78. The molecule has 0 aliphatic carbocycles. The minimum absolute atomic E-state index is 0.0133. The molecule has 0 saturated heterocycles. The van der Waals surface area contributed by atoms with Gasteiger partial charge >= 0.3 is 12.1 Å². The zero-order valence-electron chi connectivity index (χ0n) is 12.2. The fraction of sp³-hybridized carbons (Fsp3) is 0.769. The monoisotopic (exact) mass is 308 g/mol. The average Bonchev–Trinajstić information content (AvgIpc) is 2.81. The van der Waals surface area contributed by atoms with Crippen molar-refractivity contribution in [3.8, 4) is 0 Å². The molecule has 1 aromatic heterocycles. The van der Waals surface area contributed by atoms with Crippen LogP contribution < -0.4 is 0 Å². The summed E-state index contributed by atoms with van der Waals surface area (Å²) in [5.41, 5.74) is 0. The molecule has 21 heavy (non-hydrogen) atoms. The van der Waals surface area contributed by atoms with Crippen LogP contribution in [0.2, 0.25) is 0 Å². The molecule has 0 radical (unpaired) electrons. The van der Waals surface area contributed by atoms with Crippen molar-refractivity contribution in [2.45, 2.75) is 52.1 Å². The molecule has 1 unspecified atom stereocenters. The van der Waals surface area contributed by atoms with Gasteiger partial charge in [0.05, 0.1) is 13.0 Å². The smallest absolute Gasteiger partial charge is 0.389 e. The molecule has 1 aromatic rings. The van der Waals surface area contributed by atoms with E-state index in [1.54, 1.807) is 6.92 Å². The number of carbonyl (C=O) groups excluding carboxylic acids is 1. The molecular weight excluding hydrogens is 289 g/mol. The predicted molar refractivity (Wildman–Crippen MR) is 67.5 cm³/mol. The number of hydrogen-bond donors (Lipinski definition) is 0. The average molecular weight is 308 g/mol. The van der Waals surface area contributed by atoms with Gasteiger partial charge in [0, 0.05) is 6.42 Å². The van der Waals surface area contributed by atoms with E-state index in [1.165, 1.54) is 0 Å². The molecule has 0 spiro atoms. The first-order valence-corrected chi connectivity index (χ1v) is 6.78. The van der Waals surface area contributed by atoms with E-state index in [0.29, 0.717) is 6.42 Å². The Bertz CT molecular complexity index is 458. The molecule has 0 aliphatic rings. The van der Waals surface area contributed by atoms with Crippen molar-refractivity contribution >= 4 is 5.97 Å². The van der Waals surface area contributed by atoms with Crippen molar-refractivity contribution in [1.82, 2.24) is 10.1 Å². The molecule has 0 amide bonds. The van der Waals surface area contributed by atoms with Crippen LogP contribution in [0, 0.1) is 5.92 Å². The molecule has 0 fully saturated rings. The van der Waals surface area contributed by atoms with Crippen LogP contribution in [-0.4, -0.2) is 28.9 Å². The SMILES string of the molecule is CCOC(=O)C(CC(C)C)c1nc(CCC(F)(F)F)no1. The Morgan fingerprint density at radius 2 is 2.05 bits per heavy atom. The van der Waals surface area contributed by atoms with E-state index in [-0.39, 0.29) is 30.7 Å². The van der Waals surface area contributed by atoms with E-state index in [9.17, 15) is 18.0 Å². The number of alkyl halides is 3. The summed E-state index contributed by atoms with van der Waals surface area (Å²) < 4.78 is 46.3. The van der Waals surface area contributed by atoms with Crippen LogP contribution in [0.5, 0.6) is 0 Å². The van der Waals surface area contributed by atoms with Gasteiger partial charge in [-0.1, -0.05) is 19.0 Å². The summed E-state index contributed by atoms with van der Waals surface area (Å²) in [6.45, 7) is 5.70. The van der Waals surface area contributed by atoms with Gasteiger partial charge in [-0.3, -0.25) is 4.79 Å². The molecule has 0 bridgehead atoms. The maximum Gasteiger partial charge on any atom is 0.389 e. The Balaban J connectivity index is 2.79. The number of ether oxygens (including phenoxy) is 1. The fourth-order valence-corrected chi connectivity index (χ4v) is 1.78. The van der Waals surface area contributed by atoms with Crippen molar-refractivity contribution in [3.05, 3.63) is 11.7 Å². The number of esters is 1. The lowest BCUT2D eigenvalue weighted by Gasteiger charge is -2.13. The van der Waals surface area contributed by atoms with Gasteiger partial charge in [0.25, 0.3) is 0 Å². The summed E-state index contributed by atoms with van der Waals surface area (Å²) in [5, 5.41) is 3.50. The van der Waals surface area contributed by atoms with Gasteiger partial charge in [0.15, 0.2) is 5.82 Å². The molecule has 120 valence electrons. The minimum atomic E-state index is -4.28. The van der Waals surface area contributed by atoms with Crippen molar-refractivity contribution in [2.24, 2.45) is 5.92 Å². The molecular formula is C13H19F3N2O3. The molecule has 8 heteroatoms. The summed E-state index contributed by atoms with van der Waals surface area (Å²) in [6.07, 6.45) is -5.25. The Morgan fingerprint density at radius 1 is 1.38 bits per heavy atom. The van der Waals surface area contributed by atoms with E-state index >= 15 is 0 Å². The summed E-state index contributed by atoms with van der Waals surface area (Å²) >= 11 is 0. The quantitative estimate of drug-likeness (QED) is 0.723. The summed E-state index contributed by atoms with van der Waals surface area (Å²) in [5.74, 6) is -1.11. The Hall–Kier alpha value is -1.60. The van der Waals surface area contributed by atoms with Crippen molar-refractivity contribution in [2.75, 3.05) is 6.61 Å². The van der Waals surface area contributed by atoms with E-state index in [4.69, 9.17) is 9.26 Å². The molecule has 0 aliphatic heterocycles. The van der Waals surface area contributed by atoms with Crippen LogP contribution in [0.25, 0.3) is 0 Å². The standard InChI is InChI=1S/C13H19F3N2O3/c1-4-20-12(19)9(7-8(2)3)11-17-10(18-21-11)5-6-13(14,15)16/h8-9H,4-7H2,1-3H3. The van der Waals surface area contributed by atoms with Gasteiger partial charge in [-0.15, -0.1) is 0 Å². The molecule has 0 aromatic carbocycles. The third kappa shape index (κ3) is 6.14. The van der Waals surface area contributed by atoms with Gasteiger partial charge in [-0.25, -0.2) is 0 Å². The van der Waals surface area contributed by atoms with E-state index in [2.05, 4.69) is 10.1 Å². The first-order chi connectivity index (χ1) is 9.73. The van der Waals surface area contributed by atoms with Crippen LogP contribution in [-0.2, 0) is 16.0 Å². The number of aryl methyl sites for hydroxylation is 1. The van der Waals surface area contributed by atoms with Crippen LogP contribution in [0.15, 0.2) is 4.52 Å². The second kappa shape index (κ2) is 7.42. The highest BCUT2D eigenvalue weighted by Crippen LogP contribution is 2.25. The van der Waals surface area contributed by atoms with E-state index < -0.39 is 24.5 Å². The zero-order valence-corrected chi connectivity index (χ0v) is 12.2. The second-order valence-electron chi connectivity index (χ2n) is 5.10. The third-order valence-electron chi connectivity index (χ3n) is 2.69. The summed E-state index contributed by atoms with van der Waals surface area (Å²) in [4.78, 5) is 15.8. The predicted octanol–water partition coefficient (Wildman–Crippen LogP) is 3.26. The Morgan fingerprint density at radius 3 is 2.57 bits per heavy atom. The largest absolute Gasteiger partial charge is 0.465 e. The van der Waals surface area contributed by atoms with E-state index in [0.717, 1.165) is 0 Å². The van der Waals surface area contributed by atoms with Crippen molar-refractivity contribution in [1.29, 1.82) is 0 Å². The normalized spacial score (nSPS) is 13.5. The number of nitrogens with zero attached hydrogens (tertiary/aromatic N) is 2. The van der Waals surface area contributed by atoms with Gasteiger partial charge in [0.1, 0.15) is 5.92 Å². The van der Waals surface area contributed by atoms with Crippen molar-refractivity contribution in [3.63, 3.8) is 0 Å². The number of aromatic nitrogens is 2. The highest BCUT2D eigenvalue weighted by atomic mass is 19.4. The number of rotatable bonds is 7. The lowest BCUT2D eigenvalue weighted by Crippen LogP contribution is -2.18. The van der Waals surface area contributed by atoms with Gasteiger partial charge in [0.2, 0.25) is 5.89 Å². The van der Waals surface area contributed by atoms with Crippen LogP contribution in [0.3, 0.4) is 0 Å². The van der Waals surface area contributed by atoms with Gasteiger partial charge in [-0.05, 0) is 19.3 Å². The van der Waals surface area contributed by atoms with Gasteiger partial charge < -0.3 is 9.26 Å². The Labute approximate surface area is 120 Å². The molecule has 1 heterocycles. The molecule has 0 saturated carbocycles. The maximum absolute atomic E-state index is 12.1. The highest BCUT2D eigenvalue weighted by Gasteiger charge is 2.31. The maximum atomic E-state index is 12.1. The fourth-order valence-electron chi connectivity index (χ4n) is 1.78. The topological polar surface area (TPSA) is 65.2 Å².